The van der Waals surface area contributed by atoms with Crippen LogP contribution in [0.1, 0.15) is 33.5 Å². The van der Waals surface area contributed by atoms with Gasteiger partial charge in [-0.1, -0.05) is 78.9 Å². The highest BCUT2D eigenvalue weighted by atomic mass is 16.5. The molecule has 0 spiro atoms. The number of nitrogens with zero attached hydrogens (tertiary/aromatic N) is 1. The number of esters is 1. The maximum atomic E-state index is 12.8. The molecule has 5 heteroatoms. The summed E-state index contributed by atoms with van der Waals surface area (Å²) in [6.07, 6.45) is 0.237. The Morgan fingerprint density at radius 3 is 2.09 bits per heavy atom. The summed E-state index contributed by atoms with van der Waals surface area (Å²) in [7, 11) is 0. The molecule has 0 aliphatic rings. The molecular weight excluding hydrogens is 402 g/mol. The lowest BCUT2D eigenvalue weighted by molar-refractivity contribution is 0.0483. The van der Waals surface area contributed by atoms with Gasteiger partial charge in [0.1, 0.15) is 16.6 Å². The molecule has 0 saturated carbocycles. The Hall–Kier alpha value is -4.17. The molecule has 0 saturated heterocycles. The van der Waals surface area contributed by atoms with Crippen molar-refractivity contribution in [3.63, 3.8) is 0 Å². The minimum Gasteiger partial charge on any atom is -0.462 e. The number of carbonyl (C=O) groups excluding carboxylic acids is 1. The van der Waals surface area contributed by atoms with Gasteiger partial charge in [0.15, 0.2) is 0 Å². The van der Waals surface area contributed by atoms with Crippen LogP contribution in [0, 0.1) is 18.3 Å². The number of nitriles is 1. The van der Waals surface area contributed by atoms with Crippen molar-refractivity contribution in [3.05, 3.63) is 118 Å². The lowest BCUT2D eigenvalue weighted by atomic mass is 9.73. The largest absolute Gasteiger partial charge is 0.462 e. The molecule has 0 N–H and O–H groups in total. The molecule has 0 atom stereocenters. The molecule has 0 aliphatic carbocycles. The van der Waals surface area contributed by atoms with Crippen molar-refractivity contribution in [2.75, 3.05) is 6.61 Å². The summed E-state index contributed by atoms with van der Waals surface area (Å²) >= 11 is 0. The Labute approximate surface area is 185 Å². The average molecular weight is 423 g/mol. The lowest BCUT2D eigenvalue weighted by Gasteiger charge is -2.27. The number of aryl methyl sites for hydroxylation is 1. The highest BCUT2D eigenvalue weighted by molar-refractivity contribution is 5.95. The van der Waals surface area contributed by atoms with Crippen LogP contribution in [0.25, 0.3) is 11.0 Å². The molecule has 32 heavy (non-hydrogen) atoms. The van der Waals surface area contributed by atoms with Gasteiger partial charge in [-0.3, -0.25) is 0 Å². The van der Waals surface area contributed by atoms with E-state index in [1.807, 2.05) is 66.7 Å². The Morgan fingerprint density at radius 2 is 1.50 bits per heavy atom. The van der Waals surface area contributed by atoms with Gasteiger partial charge in [0.25, 0.3) is 0 Å². The van der Waals surface area contributed by atoms with Crippen LogP contribution >= 0.6 is 0 Å². The minimum absolute atomic E-state index is 0.0398. The van der Waals surface area contributed by atoms with E-state index in [0.29, 0.717) is 16.5 Å². The predicted octanol–water partition coefficient (Wildman–Crippen LogP) is 5.16. The van der Waals surface area contributed by atoms with Crippen molar-refractivity contribution in [2.24, 2.45) is 0 Å². The van der Waals surface area contributed by atoms with Crippen molar-refractivity contribution in [1.82, 2.24) is 0 Å². The Kier molecular flexibility index (Phi) is 5.87. The van der Waals surface area contributed by atoms with Gasteiger partial charge in [-0.2, -0.15) is 5.26 Å². The van der Waals surface area contributed by atoms with Crippen LogP contribution in [0.3, 0.4) is 0 Å². The summed E-state index contributed by atoms with van der Waals surface area (Å²) in [5.74, 6) is -0.755. The van der Waals surface area contributed by atoms with E-state index in [1.54, 1.807) is 25.1 Å². The van der Waals surface area contributed by atoms with Crippen molar-refractivity contribution in [1.29, 1.82) is 5.26 Å². The molecule has 4 aromatic rings. The minimum atomic E-state index is -0.994. The van der Waals surface area contributed by atoms with E-state index in [0.717, 1.165) is 11.1 Å². The average Bonchev–Trinajstić information content (AvgIpc) is 2.83. The first kappa shape index (κ1) is 21.1. The Morgan fingerprint density at radius 1 is 0.938 bits per heavy atom. The topological polar surface area (TPSA) is 80.3 Å². The number of ether oxygens (including phenoxy) is 1. The van der Waals surface area contributed by atoms with Gasteiger partial charge in [0, 0.05) is 11.8 Å². The van der Waals surface area contributed by atoms with E-state index in [9.17, 15) is 14.9 Å². The highest BCUT2D eigenvalue weighted by Crippen LogP contribution is 2.35. The summed E-state index contributed by atoms with van der Waals surface area (Å²) in [5.41, 5.74) is 0.709. The molecule has 0 aliphatic heterocycles. The second-order valence-corrected chi connectivity index (χ2v) is 7.52. The van der Waals surface area contributed by atoms with E-state index in [4.69, 9.17) is 9.15 Å². The van der Waals surface area contributed by atoms with Crippen molar-refractivity contribution >= 4 is 16.9 Å². The van der Waals surface area contributed by atoms with Gasteiger partial charge in [-0.05, 0) is 29.7 Å². The molecule has 1 aromatic heterocycles. The molecular formula is C27H21NO4. The fourth-order valence-electron chi connectivity index (χ4n) is 4.00. The van der Waals surface area contributed by atoms with Crippen LogP contribution in [-0.2, 0) is 10.2 Å². The molecule has 0 unspecified atom stereocenters. The molecule has 5 nitrogen and oxygen atoms in total. The standard InChI is InChI=1S/C27H21NO4/c1-19-22-14-8-9-15-23(22)32-26(30)24(19)25(29)31-17-16-27(18-28,20-10-4-2-5-11-20)21-12-6-3-7-13-21/h2-15H,16-17H2,1H3. The molecule has 4 rings (SSSR count). The van der Waals surface area contributed by atoms with Crippen molar-refractivity contribution in [2.45, 2.75) is 18.8 Å². The molecule has 0 amide bonds. The second kappa shape index (κ2) is 8.91. The fourth-order valence-corrected chi connectivity index (χ4v) is 4.00. The Bertz CT molecular complexity index is 1310. The number of hydrogen-bond acceptors (Lipinski definition) is 5. The maximum absolute atomic E-state index is 12.8. The van der Waals surface area contributed by atoms with E-state index in [-0.39, 0.29) is 18.6 Å². The molecule has 158 valence electrons. The van der Waals surface area contributed by atoms with E-state index < -0.39 is 17.0 Å². The van der Waals surface area contributed by atoms with Gasteiger partial charge in [-0.25, -0.2) is 9.59 Å². The smallest absolute Gasteiger partial charge is 0.351 e. The number of hydrogen-bond donors (Lipinski definition) is 0. The highest BCUT2D eigenvalue weighted by Gasteiger charge is 2.35. The van der Waals surface area contributed by atoms with E-state index >= 15 is 0 Å². The van der Waals surface area contributed by atoms with Crippen LogP contribution in [0.2, 0.25) is 0 Å². The summed E-state index contributed by atoms with van der Waals surface area (Å²) in [6, 6.07) is 28.3. The molecule has 0 bridgehead atoms. The first-order valence-corrected chi connectivity index (χ1v) is 10.3. The first-order chi connectivity index (χ1) is 15.6. The van der Waals surface area contributed by atoms with Gasteiger partial charge in [0.2, 0.25) is 0 Å². The number of carbonyl (C=O) groups is 1. The van der Waals surface area contributed by atoms with E-state index in [2.05, 4.69) is 6.07 Å². The van der Waals surface area contributed by atoms with Crippen molar-refractivity contribution < 1.29 is 13.9 Å². The van der Waals surface area contributed by atoms with Gasteiger partial charge < -0.3 is 9.15 Å². The molecule has 1 heterocycles. The monoisotopic (exact) mass is 423 g/mol. The molecule has 0 fully saturated rings. The second-order valence-electron chi connectivity index (χ2n) is 7.52. The zero-order valence-corrected chi connectivity index (χ0v) is 17.6. The third-order valence-electron chi connectivity index (χ3n) is 5.71. The number of benzene rings is 3. The van der Waals surface area contributed by atoms with Crippen LogP contribution in [0.5, 0.6) is 0 Å². The summed E-state index contributed by atoms with van der Waals surface area (Å²) < 4.78 is 10.8. The normalized spacial score (nSPS) is 11.1. The summed E-state index contributed by atoms with van der Waals surface area (Å²) in [6.45, 7) is 1.66. The van der Waals surface area contributed by atoms with Crippen LogP contribution in [-0.4, -0.2) is 12.6 Å². The fraction of sp³-hybridized carbons (Fsp3) is 0.148. The van der Waals surface area contributed by atoms with Gasteiger partial charge in [-0.15, -0.1) is 0 Å². The summed E-state index contributed by atoms with van der Waals surface area (Å²) in [5, 5.41) is 10.9. The SMILES string of the molecule is Cc1c(C(=O)OCCC(C#N)(c2ccccc2)c2ccccc2)c(=O)oc2ccccc12. The van der Waals surface area contributed by atoms with E-state index in [1.165, 1.54) is 0 Å². The van der Waals surface area contributed by atoms with Crippen LogP contribution in [0.4, 0.5) is 0 Å². The van der Waals surface area contributed by atoms with Gasteiger partial charge >= 0.3 is 11.6 Å². The molecule has 3 aromatic carbocycles. The van der Waals surface area contributed by atoms with Gasteiger partial charge in [0.05, 0.1) is 12.7 Å². The van der Waals surface area contributed by atoms with Crippen LogP contribution < -0.4 is 5.63 Å². The maximum Gasteiger partial charge on any atom is 0.351 e. The predicted molar refractivity (Wildman–Crippen MR) is 121 cm³/mol. The third-order valence-corrected chi connectivity index (χ3v) is 5.71. The van der Waals surface area contributed by atoms with Crippen LogP contribution in [0.15, 0.2) is 94.1 Å². The zero-order valence-electron chi connectivity index (χ0n) is 17.6. The number of para-hydroxylation sites is 1. The lowest BCUT2D eigenvalue weighted by Crippen LogP contribution is -2.29. The summed E-state index contributed by atoms with van der Waals surface area (Å²) in [4.78, 5) is 25.2. The number of rotatable bonds is 6. The number of fused-ring (bicyclic) bond motifs is 1. The molecule has 0 radical (unpaired) electrons. The quantitative estimate of drug-likeness (QED) is 0.316. The van der Waals surface area contributed by atoms with Crippen molar-refractivity contribution in [3.8, 4) is 6.07 Å². The first-order valence-electron chi connectivity index (χ1n) is 10.3. The third kappa shape index (κ3) is 3.79. The zero-order chi connectivity index (χ0) is 22.6. The Balaban J connectivity index is 1.62.